The second-order valence-electron chi connectivity index (χ2n) is 10.7. The molecule has 3 atom stereocenters. The van der Waals surface area contributed by atoms with Gasteiger partial charge in [0.25, 0.3) is 5.91 Å². The van der Waals surface area contributed by atoms with Crippen LogP contribution in [0.3, 0.4) is 0 Å². The summed E-state index contributed by atoms with van der Waals surface area (Å²) >= 11 is 0. The third kappa shape index (κ3) is 8.16. The Balaban J connectivity index is 1.66. The van der Waals surface area contributed by atoms with Crippen LogP contribution in [0.5, 0.6) is 5.75 Å². The number of nitrogens with zero attached hydrogens (tertiary/aromatic N) is 2. The smallest absolute Gasteiger partial charge is 0.254 e. The van der Waals surface area contributed by atoms with Gasteiger partial charge in [0.2, 0.25) is 5.91 Å². The van der Waals surface area contributed by atoms with Gasteiger partial charge < -0.3 is 29.3 Å². The number of hydrogen-bond acceptors (Lipinski definition) is 6. The second kappa shape index (κ2) is 14.7. The van der Waals surface area contributed by atoms with Crippen molar-refractivity contribution >= 4 is 11.8 Å². The lowest BCUT2D eigenvalue weighted by Crippen LogP contribution is -2.45. The number of amides is 2. The molecule has 8 heteroatoms. The van der Waals surface area contributed by atoms with E-state index in [0.717, 1.165) is 56.7 Å². The summed E-state index contributed by atoms with van der Waals surface area (Å²) in [6.07, 6.45) is 3.50. The van der Waals surface area contributed by atoms with E-state index in [4.69, 9.17) is 14.2 Å². The molecule has 3 rings (SSSR count). The third-order valence-electron chi connectivity index (χ3n) is 7.63. The van der Waals surface area contributed by atoms with Crippen LogP contribution in [0.1, 0.15) is 56.0 Å². The lowest BCUT2D eigenvalue weighted by atomic mass is 9.93. The number of hydrogen-bond donors (Lipinski definition) is 1. The maximum Gasteiger partial charge on any atom is 0.254 e. The van der Waals surface area contributed by atoms with Crippen molar-refractivity contribution < 1.29 is 23.8 Å². The van der Waals surface area contributed by atoms with Crippen LogP contribution in [0.4, 0.5) is 0 Å². The summed E-state index contributed by atoms with van der Waals surface area (Å²) in [5, 5.41) is 3.50. The molecule has 2 aliphatic rings. The normalized spacial score (nSPS) is 21.7. The molecule has 1 aromatic rings. The van der Waals surface area contributed by atoms with Gasteiger partial charge in [-0.15, -0.1) is 0 Å². The Bertz CT molecular complexity index is 871. The van der Waals surface area contributed by atoms with Crippen LogP contribution in [-0.4, -0.2) is 94.4 Å². The van der Waals surface area contributed by atoms with E-state index in [-0.39, 0.29) is 29.7 Å². The van der Waals surface area contributed by atoms with E-state index >= 15 is 0 Å². The van der Waals surface area contributed by atoms with Crippen molar-refractivity contribution in [1.82, 2.24) is 15.1 Å². The first-order chi connectivity index (χ1) is 17.8. The summed E-state index contributed by atoms with van der Waals surface area (Å²) in [5.74, 6) is 1.53. The maximum atomic E-state index is 13.7. The molecule has 2 heterocycles. The van der Waals surface area contributed by atoms with Gasteiger partial charge in [-0.25, -0.2) is 0 Å². The molecule has 2 fully saturated rings. The van der Waals surface area contributed by atoms with Gasteiger partial charge in [0.15, 0.2) is 0 Å². The molecule has 208 valence electrons. The first-order valence-electron chi connectivity index (χ1n) is 13.9. The Morgan fingerprint density at radius 2 is 1.92 bits per heavy atom. The number of ether oxygens (including phenoxy) is 3. The van der Waals surface area contributed by atoms with E-state index < -0.39 is 0 Å². The van der Waals surface area contributed by atoms with Gasteiger partial charge >= 0.3 is 0 Å². The minimum absolute atomic E-state index is 0.0221. The Labute approximate surface area is 223 Å². The number of carbonyl (C=O) groups is 2. The van der Waals surface area contributed by atoms with Crippen LogP contribution in [0.15, 0.2) is 18.2 Å². The zero-order chi connectivity index (χ0) is 26.8. The monoisotopic (exact) mass is 517 g/mol. The van der Waals surface area contributed by atoms with Crippen molar-refractivity contribution in [2.45, 2.75) is 52.5 Å². The highest BCUT2D eigenvalue weighted by atomic mass is 16.5. The average molecular weight is 518 g/mol. The highest BCUT2D eigenvalue weighted by molar-refractivity contribution is 5.95. The molecule has 8 nitrogen and oxygen atoms in total. The SMILES string of the molecule is CCc1ccc(C(=O)N(C[C@@H]2CNC[C@H]2CN(C)C(=O)[C@@H]2CCCOC2)C(C)C)cc1OCCCOC. The molecule has 0 bridgehead atoms. The van der Waals surface area contributed by atoms with Crippen LogP contribution < -0.4 is 10.1 Å². The predicted octanol–water partition coefficient (Wildman–Crippen LogP) is 3.24. The number of carbonyl (C=O) groups excluding carboxylic acids is 2. The molecule has 0 radical (unpaired) electrons. The number of methoxy groups -OCH3 is 1. The van der Waals surface area contributed by atoms with Crippen molar-refractivity contribution in [2.75, 3.05) is 66.8 Å². The van der Waals surface area contributed by atoms with E-state index in [9.17, 15) is 9.59 Å². The van der Waals surface area contributed by atoms with Gasteiger partial charge in [-0.05, 0) is 62.6 Å². The molecule has 0 unspecified atom stereocenters. The average Bonchev–Trinajstić information content (AvgIpc) is 3.35. The molecule has 0 aliphatic carbocycles. The van der Waals surface area contributed by atoms with Gasteiger partial charge in [0, 0.05) is 71.6 Å². The lowest BCUT2D eigenvalue weighted by molar-refractivity contribution is -0.139. The molecular formula is C29H47N3O5. The van der Waals surface area contributed by atoms with E-state index in [0.29, 0.717) is 44.4 Å². The quantitative estimate of drug-likeness (QED) is 0.405. The molecule has 0 spiro atoms. The minimum Gasteiger partial charge on any atom is -0.493 e. The van der Waals surface area contributed by atoms with Crippen molar-refractivity contribution in [2.24, 2.45) is 17.8 Å². The van der Waals surface area contributed by atoms with Gasteiger partial charge in [-0.3, -0.25) is 9.59 Å². The molecule has 2 saturated heterocycles. The Morgan fingerprint density at radius 3 is 2.57 bits per heavy atom. The van der Waals surface area contributed by atoms with Crippen molar-refractivity contribution in [3.63, 3.8) is 0 Å². The summed E-state index contributed by atoms with van der Waals surface area (Å²) in [6.45, 7) is 11.8. The maximum absolute atomic E-state index is 13.7. The second-order valence-corrected chi connectivity index (χ2v) is 10.7. The highest BCUT2D eigenvalue weighted by Crippen LogP contribution is 2.26. The van der Waals surface area contributed by atoms with Crippen LogP contribution in [0.25, 0.3) is 0 Å². The first-order valence-corrected chi connectivity index (χ1v) is 13.9. The van der Waals surface area contributed by atoms with E-state index in [2.05, 4.69) is 26.1 Å². The van der Waals surface area contributed by atoms with E-state index in [1.807, 2.05) is 35.0 Å². The molecule has 1 aromatic carbocycles. The number of nitrogens with one attached hydrogen (secondary N) is 1. The van der Waals surface area contributed by atoms with Crippen LogP contribution in [0.2, 0.25) is 0 Å². The fraction of sp³-hybridized carbons (Fsp3) is 0.724. The van der Waals surface area contributed by atoms with Gasteiger partial charge in [-0.1, -0.05) is 13.0 Å². The number of benzene rings is 1. The highest BCUT2D eigenvalue weighted by Gasteiger charge is 2.34. The van der Waals surface area contributed by atoms with Crippen LogP contribution in [-0.2, 0) is 20.7 Å². The minimum atomic E-state index is -0.0303. The summed E-state index contributed by atoms with van der Waals surface area (Å²) < 4.78 is 16.7. The Kier molecular flexibility index (Phi) is 11.7. The van der Waals surface area contributed by atoms with E-state index in [1.54, 1.807) is 7.11 Å². The standard InChI is InChI=1S/C29H47N3O5/c1-6-22-10-11-23(15-27(22)37-14-8-12-35-5)29(34)32(21(2)3)19-26-17-30-16-25(26)18-31(4)28(33)24-9-7-13-36-20-24/h10-11,15,21,24-26,30H,6-9,12-14,16-20H2,1-5H3/t24-,25+,26+/m1/s1. The van der Waals surface area contributed by atoms with Crippen LogP contribution in [0, 0.1) is 17.8 Å². The number of rotatable bonds is 13. The topological polar surface area (TPSA) is 80.3 Å². The van der Waals surface area contributed by atoms with Gasteiger partial charge in [-0.2, -0.15) is 0 Å². The predicted molar refractivity (Wildman–Crippen MR) is 145 cm³/mol. The van der Waals surface area contributed by atoms with Gasteiger partial charge in [0.1, 0.15) is 5.75 Å². The van der Waals surface area contributed by atoms with Crippen LogP contribution >= 0.6 is 0 Å². The van der Waals surface area contributed by atoms with Crippen molar-refractivity contribution in [3.05, 3.63) is 29.3 Å². The molecular weight excluding hydrogens is 470 g/mol. The Hall–Kier alpha value is -2.16. The molecule has 1 N–H and O–H groups in total. The molecule has 0 saturated carbocycles. The summed E-state index contributed by atoms with van der Waals surface area (Å²) in [4.78, 5) is 30.5. The fourth-order valence-corrected chi connectivity index (χ4v) is 5.35. The summed E-state index contributed by atoms with van der Waals surface area (Å²) in [6, 6.07) is 5.88. The fourth-order valence-electron chi connectivity index (χ4n) is 5.35. The lowest BCUT2D eigenvalue weighted by Gasteiger charge is -2.34. The zero-order valence-electron chi connectivity index (χ0n) is 23.5. The molecule has 2 aliphatic heterocycles. The molecule has 37 heavy (non-hydrogen) atoms. The third-order valence-corrected chi connectivity index (χ3v) is 7.63. The van der Waals surface area contributed by atoms with Gasteiger partial charge in [0.05, 0.1) is 19.1 Å². The van der Waals surface area contributed by atoms with Crippen molar-refractivity contribution in [1.29, 1.82) is 0 Å². The summed E-state index contributed by atoms with van der Waals surface area (Å²) in [7, 11) is 3.59. The first kappa shape index (κ1) is 29.4. The molecule has 2 amide bonds. The zero-order valence-corrected chi connectivity index (χ0v) is 23.5. The van der Waals surface area contributed by atoms with Crippen molar-refractivity contribution in [3.8, 4) is 5.75 Å². The molecule has 0 aromatic heterocycles. The summed E-state index contributed by atoms with van der Waals surface area (Å²) in [5.41, 5.74) is 1.75. The largest absolute Gasteiger partial charge is 0.493 e. The van der Waals surface area contributed by atoms with E-state index in [1.165, 1.54) is 0 Å². The Morgan fingerprint density at radius 1 is 1.16 bits per heavy atom. The number of aryl methyl sites for hydroxylation is 1.